The third kappa shape index (κ3) is 1.89. The first-order chi connectivity index (χ1) is 6.23. The maximum atomic E-state index is 3.65. The van der Waals surface area contributed by atoms with Gasteiger partial charge in [0.1, 0.15) is 0 Å². The first kappa shape index (κ1) is 9.47. The molecule has 2 fully saturated rings. The van der Waals surface area contributed by atoms with Crippen LogP contribution in [0, 0.1) is 11.3 Å². The molecular weight excluding hydrogens is 160 g/mol. The summed E-state index contributed by atoms with van der Waals surface area (Å²) in [4.78, 5) is 0. The predicted molar refractivity (Wildman–Crippen MR) is 55.8 cm³/mol. The van der Waals surface area contributed by atoms with Crippen LogP contribution in [0.5, 0.6) is 0 Å². The molecule has 0 amide bonds. The molecule has 0 saturated carbocycles. The van der Waals surface area contributed by atoms with Gasteiger partial charge in [0.05, 0.1) is 0 Å². The molecule has 0 aromatic heterocycles. The first-order valence-electron chi connectivity index (χ1n) is 5.68. The summed E-state index contributed by atoms with van der Waals surface area (Å²) in [6, 6.07) is 0.792. The van der Waals surface area contributed by atoms with Crippen molar-refractivity contribution in [3.05, 3.63) is 0 Å². The monoisotopic (exact) mass is 182 g/mol. The van der Waals surface area contributed by atoms with E-state index in [0.29, 0.717) is 5.41 Å². The summed E-state index contributed by atoms with van der Waals surface area (Å²) < 4.78 is 0. The van der Waals surface area contributed by atoms with Crippen molar-refractivity contribution in [2.75, 3.05) is 19.6 Å². The van der Waals surface area contributed by atoms with Gasteiger partial charge < -0.3 is 10.6 Å². The molecule has 2 heterocycles. The van der Waals surface area contributed by atoms with Crippen LogP contribution in [0.2, 0.25) is 0 Å². The summed E-state index contributed by atoms with van der Waals surface area (Å²) in [5.74, 6) is 0.897. The van der Waals surface area contributed by atoms with Crippen molar-refractivity contribution in [1.82, 2.24) is 10.6 Å². The van der Waals surface area contributed by atoms with Crippen molar-refractivity contribution in [2.45, 2.75) is 39.2 Å². The first-order valence-corrected chi connectivity index (χ1v) is 5.68. The Morgan fingerprint density at radius 2 is 2.31 bits per heavy atom. The average molecular weight is 182 g/mol. The zero-order chi connectivity index (χ0) is 9.31. The van der Waals surface area contributed by atoms with E-state index >= 15 is 0 Å². The lowest BCUT2D eigenvalue weighted by molar-refractivity contribution is 0.258. The van der Waals surface area contributed by atoms with E-state index in [0.717, 1.165) is 12.0 Å². The van der Waals surface area contributed by atoms with Crippen LogP contribution in [-0.4, -0.2) is 25.7 Å². The summed E-state index contributed by atoms with van der Waals surface area (Å²) in [7, 11) is 0. The van der Waals surface area contributed by atoms with Crippen LogP contribution in [0.1, 0.15) is 33.1 Å². The molecule has 2 aliphatic heterocycles. The molecule has 2 rings (SSSR count). The fraction of sp³-hybridized carbons (Fsp3) is 1.00. The fourth-order valence-corrected chi connectivity index (χ4v) is 2.74. The van der Waals surface area contributed by atoms with Crippen molar-refractivity contribution in [1.29, 1.82) is 0 Å². The number of hydrogen-bond acceptors (Lipinski definition) is 2. The molecule has 2 N–H and O–H groups in total. The minimum absolute atomic E-state index is 0.525. The SMILES string of the molecule is CCC1(C)CNCC2CCNC2C1. The molecule has 3 atom stereocenters. The Balaban J connectivity index is 2.04. The number of fused-ring (bicyclic) bond motifs is 1. The maximum Gasteiger partial charge on any atom is 0.0114 e. The quantitative estimate of drug-likeness (QED) is 0.640. The van der Waals surface area contributed by atoms with Crippen LogP contribution >= 0.6 is 0 Å². The van der Waals surface area contributed by atoms with Gasteiger partial charge in [0, 0.05) is 12.6 Å². The largest absolute Gasteiger partial charge is 0.316 e. The zero-order valence-electron chi connectivity index (χ0n) is 8.90. The highest BCUT2D eigenvalue weighted by Crippen LogP contribution is 2.33. The Labute approximate surface area is 81.5 Å². The Morgan fingerprint density at radius 1 is 1.46 bits per heavy atom. The van der Waals surface area contributed by atoms with Crippen LogP contribution < -0.4 is 10.6 Å². The highest BCUT2D eigenvalue weighted by Gasteiger charge is 2.36. The third-order valence-corrected chi connectivity index (χ3v) is 4.02. The topological polar surface area (TPSA) is 24.1 Å². The van der Waals surface area contributed by atoms with Crippen molar-refractivity contribution in [3.8, 4) is 0 Å². The molecule has 13 heavy (non-hydrogen) atoms. The normalized spacial score (nSPS) is 45.7. The van der Waals surface area contributed by atoms with Crippen molar-refractivity contribution in [2.24, 2.45) is 11.3 Å². The third-order valence-electron chi connectivity index (χ3n) is 4.02. The van der Waals surface area contributed by atoms with Gasteiger partial charge in [-0.05, 0) is 43.7 Å². The summed E-state index contributed by atoms with van der Waals surface area (Å²) in [6.45, 7) is 8.40. The second kappa shape index (κ2) is 3.58. The van der Waals surface area contributed by atoms with E-state index in [1.54, 1.807) is 0 Å². The predicted octanol–water partition coefficient (Wildman–Crippen LogP) is 1.37. The molecule has 0 spiro atoms. The fourth-order valence-electron chi connectivity index (χ4n) is 2.74. The van der Waals surface area contributed by atoms with Gasteiger partial charge in [-0.1, -0.05) is 13.8 Å². The second-order valence-electron chi connectivity index (χ2n) is 5.11. The van der Waals surface area contributed by atoms with E-state index in [-0.39, 0.29) is 0 Å². The second-order valence-corrected chi connectivity index (χ2v) is 5.11. The number of hydrogen-bond donors (Lipinski definition) is 2. The van der Waals surface area contributed by atoms with Crippen molar-refractivity contribution in [3.63, 3.8) is 0 Å². The average Bonchev–Trinajstić information content (AvgIpc) is 2.47. The molecule has 0 aliphatic carbocycles. The van der Waals surface area contributed by atoms with Crippen molar-refractivity contribution >= 4 is 0 Å². The van der Waals surface area contributed by atoms with E-state index in [2.05, 4.69) is 24.5 Å². The van der Waals surface area contributed by atoms with Crippen molar-refractivity contribution < 1.29 is 0 Å². The molecule has 0 aromatic rings. The minimum atomic E-state index is 0.525. The Hall–Kier alpha value is -0.0800. The van der Waals surface area contributed by atoms with Gasteiger partial charge in [-0.2, -0.15) is 0 Å². The lowest BCUT2D eigenvalue weighted by Crippen LogP contribution is -2.33. The molecule has 2 saturated heterocycles. The zero-order valence-corrected chi connectivity index (χ0v) is 8.90. The van der Waals surface area contributed by atoms with E-state index in [1.807, 2.05) is 0 Å². The molecule has 2 nitrogen and oxygen atoms in total. The highest BCUT2D eigenvalue weighted by atomic mass is 15.0. The minimum Gasteiger partial charge on any atom is -0.316 e. The van der Waals surface area contributed by atoms with Gasteiger partial charge in [0.15, 0.2) is 0 Å². The summed E-state index contributed by atoms with van der Waals surface area (Å²) in [6.07, 6.45) is 4.03. The smallest absolute Gasteiger partial charge is 0.0114 e. The molecule has 0 bridgehead atoms. The van der Waals surface area contributed by atoms with Crippen LogP contribution in [0.15, 0.2) is 0 Å². The Kier molecular flexibility index (Phi) is 2.61. The van der Waals surface area contributed by atoms with Gasteiger partial charge in [-0.3, -0.25) is 0 Å². The number of nitrogens with one attached hydrogen (secondary N) is 2. The molecule has 2 aliphatic rings. The van der Waals surface area contributed by atoms with E-state index in [1.165, 1.54) is 38.9 Å². The summed E-state index contributed by atoms with van der Waals surface area (Å²) in [5, 5.41) is 7.27. The lowest BCUT2D eigenvalue weighted by atomic mass is 9.80. The molecular formula is C11H22N2. The van der Waals surface area contributed by atoms with E-state index in [9.17, 15) is 0 Å². The standard InChI is InChI=1S/C11H22N2/c1-3-11(2)6-10-9(4-5-13-10)7-12-8-11/h9-10,12-13H,3-8H2,1-2H3. The molecule has 0 radical (unpaired) electrons. The molecule has 76 valence electrons. The van der Waals surface area contributed by atoms with Gasteiger partial charge >= 0.3 is 0 Å². The van der Waals surface area contributed by atoms with Gasteiger partial charge in [-0.15, -0.1) is 0 Å². The Morgan fingerprint density at radius 3 is 3.08 bits per heavy atom. The molecule has 3 unspecified atom stereocenters. The van der Waals surface area contributed by atoms with E-state index in [4.69, 9.17) is 0 Å². The van der Waals surface area contributed by atoms with Gasteiger partial charge in [0.2, 0.25) is 0 Å². The maximum absolute atomic E-state index is 3.65. The van der Waals surface area contributed by atoms with Gasteiger partial charge in [0.25, 0.3) is 0 Å². The lowest BCUT2D eigenvalue weighted by Gasteiger charge is -2.29. The van der Waals surface area contributed by atoms with Crippen LogP contribution in [0.25, 0.3) is 0 Å². The van der Waals surface area contributed by atoms with Crippen LogP contribution in [0.4, 0.5) is 0 Å². The Bertz CT molecular complexity index is 181. The van der Waals surface area contributed by atoms with Crippen LogP contribution in [-0.2, 0) is 0 Å². The highest BCUT2D eigenvalue weighted by molar-refractivity contribution is 4.93. The van der Waals surface area contributed by atoms with Crippen LogP contribution in [0.3, 0.4) is 0 Å². The summed E-state index contributed by atoms with van der Waals surface area (Å²) >= 11 is 0. The molecule has 0 aromatic carbocycles. The number of rotatable bonds is 1. The van der Waals surface area contributed by atoms with E-state index < -0.39 is 0 Å². The van der Waals surface area contributed by atoms with Gasteiger partial charge in [-0.25, -0.2) is 0 Å². The molecule has 2 heteroatoms. The summed E-state index contributed by atoms with van der Waals surface area (Å²) in [5.41, 5.74) is 0.525.